The van der Waals surface area contributed by atoms with Crippen molar-refractivity contribution in [3.63, 3.8) is 0 Å². The molecule has 0 rings (SSSR count). The molecule has 0 fully saturated rings. The van der Waals surface area contributed by atoms with E-state index < -0.39 is 44.4 Å². The first kappa shape index (κ1) is 18.7. The predicted molar refractivity (Wildman–Crippen MR) is 63.1 cm³/mol. The number of aliphatic hydroxyl groups excluding tert-OH is 3. The SMILES string of the molecule is CCC(NC(=O)OCO)(NC(=O)OCO)NC(=O)OCO. The van der Waals surface area contributed by atoms with Gasteiger partial charge in [0.2, 0.25) is 0 Å². The van der Waals surface area contributed by atoms with Crippen LogP contribution in [-0.4, -0.2) is 59.8 Å². The Kier molecular flexibility index (Phi) is 8.52. The van der Waals surface area contributed by atoms with Gasteiger partial charge < -0.3 is 29.5 Å². The van der Waals surface area contributed by atoms with Gasteiger partial charge in [0.1, 0.15) is 0 Å². The lowest BCUT2D eigenvalue weighted by atomic mass is 10.2. The fourth-order valence-electron chi connectivity index (χ4n) is 1.17. The standard InChI is InChI=1S/C9H17N3O9/c1-2-9(10-6(16)19-3-13,11-7(17)20-4-14)12-8(18)21-5-15/h13-15H,2-5H2,1H3,(H,10,16)(H,11,17)(H,12,18). The summed E-state index contributed by atoms with van der Waals surface area (Å²) in [4.78, 5) is 34.0. The van der Waals surface area contributed by atoms with Crippen LogP contribution in [0.3, 0.4) is 0 Å². The topological polar surface area (TPSA) is 176 Å². The lowest BCUT2D eigenvalue weighted by Gasteiger charge is -2.33. The van der Waals surface area contributed by atoms with Gasteiger partial charge in [0.15, 0.2) is 26.2 Å². The van der Waals surface area contributed by atoms with Crippen molar-refractivity contribution in [1.82, 2.24) is 16.0 Å². The molecule has 3 amide bonds. The van der Waals surface area contributed by atoms with E-state index in [4.69, 9.17) is 15.3 Å². The summed E-state index contributed by atoms with van der Waals surface area (Å²) in [5.74, 6) is -1.90. The number of carbonyl (C=O) groups excluding carboxylic acids is 3. The molecule has 0 aliphatic carbocycles. The first-order valence-corrected chi connectivity index (χ1v) is 5.60. The van der Waals surface area contributed by atoms with Gasteiger partial charge in [0.25, 0.3) is 0 Å². The molecule has 0 heterocycles. The molecule has 0 saturated carbocycles. The molecule has 0 aliphatic rings. The molecule has 0 atom stereocenters. The number of alkyl carbamates (subject to hydrolysis) is 3. The molecular formula is C9H17N3O9. The van der Waals surface area contributed by atoms with Crippen LogP contribution in [0, 0.1) is 0 Å². The highest BCUT2D eigenvalue weighted by Crippen LogP contribution is 2.04. The first-order chi connectivity index (χ1) is 9.92. The molecule has 21 heavy (non-hydrogen) atoms. The first-order valence-electron chi connectivity index (χ1n) is 5.60. The Morgan fingerprint density at radius 3 is 1.29 bits per heavy atom. The molecule has 6 N–H and O–H groups in total. The van der Waals surface area contributed by atoms with Crippen LogP contribution in [0.5, 0.6) is 0 Å². The lowest BCUT2D eigenvalue weighted by molar-refractivity contribution is 0.0164. The third kappa shape index (κ3) is 7.14. The largest absolute Gasteiger partial charge is 0.422 e. The average molecular weight is 311 g/mol. The lowest BCUT2D eigenvalue weighted by Crippen LogP contribution is -2.70. The van der Waals surface area contributed by atoms with Crippen LogP contribution in [0.1, 0.15) is 13.3 Å². The molecule has 0 radical (unpaired) electrons. The maximum Gasteiger partial charge on any atom is 0.412 e. The van der Waals surface area contributed by atoms with E-state index in [1.807, 2.05) is 0 Å². The molecule has 0 unspecified atom stereocenters. The van der Waals surface area contributed by atoms with Gasteiger partial charge in [-0.15, -0.1) is 0 Å². The summed E-state index contributed by atoms with van der Waals surface area (Å²) in [7, 11) is 0. The molecule has 12 nitrogen and oxygen atoms in total. The number of ether oxygens (including phenoxy) is 3. The minimum Gasteiger partial charge on any atom is -0.422 e. The third-order valence-electron chi connectivity index (χ3n) is 2.06. The number of aliphatic hydroxyl groups is 3. The number of hydrogen-bond acceptors (Lipinski definition) is 9. The summed E-state index contributed by atoms with van der Waals surface area (Å²) in [5.41, 5.74) is 0. The van der Waals surface area contributed by atoms with Crippen molar-refractivity contribution in [3.05, 3.63) is 0 Å². The third-order valence-corrected chi connectivity index (χ3v) is 2.06. The van der Waals surface area contributed by atoms with Gasteiger partial charge in [-0.25, -0.2) is 14.4 Å². The van der Waals surface area contributed by atoms with Crippen molar-refractivity contribution in [3.8, 4) is 0 Å². The Bertz CT molecular complexity index is 312. The van der Waals surface area contributed by atoms with E-state index in [2.05, 4.69) is 30.2 Å². The van der Waals surface area contributed by atoms with Crippen molar-refractivity contribution in [2.24, 2.45) is 0 Å². The molecule has 0 spiro atoms. The van der Waals surface area contributed by atoms with Crippen LogP contribution in [0.4, 0.5) is 14.4 Å². The van der Waals surface area contributed by atoms with E-state index in [0.717, 1.165) is 0 Å². The van der Waals surface area contributed by atoms with Crippen molar-refractivity contribution < 1.29 is 43.9 Å². The van der Waals surface area contributed by atoms with Crippen LogP contribution in [0.25, 0.3) is 0 Å². The second-order valence-electron chi connectivity index (χ2n) is 3.32. The average Bonchev–Trinajstić information content (AvgIpc) is 2.39. The van der Waals surface area contributed by atoms with Crippen molar-refractivity contribution in [1.29, 1.82) is 0 Å². The van der Waals surface area contributed by atoms with E-state index in [1.165, 1.54) is 6.92 Å². The molecule has 12 heteroatoms. The fourth-order valence-corrected chi connectivity index (χ4v) is 1.17. The molecular weight excluding hydrogens is 294 g/mol. The normalized spacial score (nSPS) is 10.3. The zero-order chi connectivity index (χ0) is 16.3. The summed E-state index contributed by atoms with van der Waals surface area (Å²) < 4.78 is 12.6. The fraction of sp³-hybridized carbons (Fsp3) is 0.667. The zero-order valence-corrected chi connectivity index (χ0v) is 11.1. The summed E-state index contributed by atoms with van der Waals surface area (Å²) in [5, 5.41) is 31.5. The molecule has 0 aliphatic heterocycles. The van der Waals surface area contributed by atoms with Gasteiger partial charge in [-0.1, -0.05) is 6.92 Å². The summed E-state index contributed by atoms with van der Waals surface area (Å²) in [6.07, 6.45) is -3.62. The highest BCUT2D eigenvalue weighted by atomic mass is 16.6. The molecule has 0 saturated heterocycles. The Labute approximate surface area is 119 Å². The quantitative estimate of drug-likeness (QED) is 0.231. The Balaban J connectivity index is 5.02. The number of rotatable bonds is 7. The van der Waals surface area contributed by atoms with E-state index >= 15 is 0 Å². The van der Waals surface area contributed by atoms with E-state index in [0.29, 0.717) is 0 Å². The molecule has 0 aromatic carbocycles. The summed E-state index contributed by atoms with van der Waals surface area (Å²) in [6, 6.07) is 0. The van der Waals surface area contributed by atoms with E-state index in [9.17, 15) is 14.4 Å². The van der Waals surface area contributed by atoms with Crippen LogP contribution in [-0.2, 0) is 14.2 Å². The van der Waals surface area contributed by atoms with E-state index in [-0.39, 0.29) is 6.42 Å². The zero-order valence-electron chi connectivity index (χ0n) is 11.1. The van der Waals surface area contributed by atoms with Crippen LogP contribution in [0.15, 0.2) is 0 Å². The minimum absolute atomic E-state index is 0.103. The monoisotopic (exact) mass is 311 g/mol. The second kappa shape index (κ2) is 9.57. The predicted octanol–water partition coefficient (Wildman–Crippen LogP) is -1.92. The van der Waals surface area contributed by atoms with Gasteiger partial charge in [-0.05, 0) is 0 Å². The Hall–Kier alpha value is -2.31. The maximum absolute atomic E-state index is 11.3. The van der Waals surface area contributed by atoms with Crippen LogP contribution in [0.2, 0.25) is 0 Å². The number of nitrogens with one attached hydrogen (secondary N) is 3. The highest BCUT2D eigenvalue weighted by molar-refractivity contribution is 5.75. The summed E-state index contributed by atoms with van der Waals surface area (Å²) >= 11 is 0. The molecule has 122 valence electrons. The number of hydrogen-bond donors (Lipinski definition) is 6. The Morgan fingerprint density at radius 1 is 0.810 bits per heavy atom. The number of amides is 3. The maximum atomic E-state index is 11.3. The smallest absolute Gasteiger partial charge is 0.412 e. The number of carbonyl (C=O) groups is 3. The molecule has 0 bridgehead atoms. The second-order valence-corrected chi connectivity index (χ2v) is 3.32. The Morgan fingerprint density at radius 2 is 1.10 bits per heavy atom. The van der Waals surface area contributed by atoms with Gasteiger partial charge in [0, 0.05) is 6.42 Å². The summed E-state index contributed by atoms with van der Waals surface area (Å²) in [6.45, 7) is -1.35. The van der Waals surface area contributed by atoms with Crippen LogP contribution < -0.4 is 16.0 Å². The van der Waals surface area contributed by atoms with E-state index in [1.54, 1.807) is 0 Å². The van der Waals surface area contributed by atoms with Crippen molar-refractivity contribution in [2.75, 3.05) is 20.4 Å². The van der Waals surface area contributed by atoms with Gasteiger partial charge >= 0.3 is 18.3 Å². The van der Waals surface area contributed by atoms with Crippen LogP contribution >= 0.6 is 0 Å². The highest BCUT2D eigenvalue weighted by Gasteiger charge is 2.35. The van der Waals surface area contributed by atoms with Crippen molar-refractivity contribution in [2.45, 2.75) is 19.1 Å². The van der Waals surface area contributed by atoms with Crippen molar-refractivity contribution >= 4 is 18.3 Å². The molecule has 0 aromatic heterocycles. The van der Waals surface area contributed by atoms with Gasteiger partial charge in [-0.2, -0.15) is 0 Å². The molecule has 0 aromatic rings. The van der Waals surface area contributed by atoms with Gasteiger partial charge in [-0.3, -0.25) is 16.0 Å². The minimum atomic E-state index is -1.90. The van der Waals surface area contributed by atoms with Gasteiger partial charge in [0.05, 0.1) is 0 Å².